The average Bonchev–Trinajstić information content (AvgIpc) is 2.68. The third kappa shape index (κ3) is 5.89. The molecule has 0 bridgehead atoms. The van der Waals surface area contributed by atoms with E-state index in [-0.39, 0.29) is 23.4 Å². The summed E-state index contributed by atoms with van der Waals surface area (Å²) in [6.07, 6.45) is 5.71. The van der Waals surface area contributed by atoms with Crippen molar-refractivity contribution in [3.05, 3.63) is 24.3 Å². The Morgan fingerprint density at radius 2 is 1.39 bits per heavy atom. The first-order valence-electron chi connectivity index (χ1n) is 10.4. The number of rotatable bonds is 5. The van der Waals surface area contributed by atoms with Crippen LogP contribution in [0.1, 0.15) is 64.7 Å². The number of esters is 1. The highest BCUT2D eigenvalue weighted by Crippen LogP contribution is 2.42. The van der Waals surface area contributed by atoms with Gasteiger partial charge in [-0.2, -0.15) is 0 Å². The molecule has 1 aromatic rings. The minimum Gasteiger partial charge on any atom is -0.426 e. The van der Waals surface area contributed by atoms with E-state index in [9.17, 15) is 18.0 Å². The molecular formula is C22H29F3O3. The Bertz CT molecular complexity index is 625. The van der Waals surface area contributed by atoms with Gasteiger partial charge in [0.05, 0.1) is 5.92 Å². The van der Waals surface area contributed by atoms with Crippen LogP contribution < -0.4 is 9.47 Å². The molecular weight excluding hydrogens is 369 g/mol. The van der Waals surface area contributed by atoms with Gasteiger partial charge >= 0.3 is 12.3 Å². The van der Waals surface area contributed by atoms with Crippen LogP contribution in [0.2, 0.25) is 0 Å². The van der Waals surface area contributed by atoms with Gasteiger partial charge in [0, 0.05) is 0 Å². The smallest absolute Gasteiger partial charge is 0.426 e. The van der Waals surface area contributed by atoms with Crippen LogP contribution in [0.5, 0.6) is 11.5 Å². The van der Waals surface area contributed by atoms with Crippen LogP contribution in [-0.4, -0.2) is 12.3 Å². The van der Waals surface area contributed by atoms with Gasteiger partial charge < -0.3 is 9.47 Å². The Labute approximate surface area is 164 Å². The zero-order valence-electron chi connectivity index (χ0n) is 16.3. The Morgan fingerprint density at radius 3 is 1.89 bits per heavy atom. The van der Waals surface area contributed by atoms with Crippen LogP contribution in [-0.2, 0) is 4.79 Å². The standard InChI is InChI=1S/C22H29F3O3/c1-2-15-3-5-16(6-4-15)17-7-9-18(10-8-17)21(26)27-19-11-13-20(14-12-19)28-22(23,24)25/h11-18H,2-10H2,1H3/t15-,16-,17?,18?. The van der Waals surface area contributed by atoms with Crippen LogP contribution in [0.25, 0.3) is 0 Å². The van der Waals surface area contributed by atoms with E-state index in [1.165, 1.54) is 44.2 Å². The highest BCUT2D eigenvalue weighted by molar-refractivity contribution is 5.75. The summed E-state index contributed by atoms with van der Waals surface area (Å²) in [4.78, 5) is 12.4. The van der Waals surface area contributed by atoms with Crippen molar-refractivity contribution < 1.29 is 27.4 Å². The topological polar surface area (TPSA) is 35.5 Å². The molecule has 0 heterocycles. The maximum absolute atomic E-state index is 12.4. The van der Waals surface area contributed by atoms with E-state index in [1.54, 1.807) is 0 Å². The van der Waals surface area contributed by atoms with Gasteiger partial charge in [-0.1, -0.05) is 26.2 Å². The summed E-state index contributed by atoms with van der Waals surface area (Å²) in [6.45, 7) is 2.28. The van der Waals surface area contributed by atoms with Gasteiger partial charge in [0.15, 0.2) is 0 Å². The monoisotopic (exact) mass is 398 g/mol. The molecule has 0 unspecified atom stereocenters. The minimum atomic E-state index is -4.73. The first-order valence-corrected chi connectivity index (χ1v) is 10.4. The SMILES string of the molecule is CC[C@H]1CC[C@H](C2CCC(C(=O)Oc3ccc(OC(F)(F)F)cc3)CC2)CC1. The molecule has 3 rings (SSSR count). The molecule has 0 amide bonds. The third-order valence-electron chi connectivity index (χ3n) is 6.52. The van der Waals surface area contributed by atoms with Crippen molar-refractivity contribution in [3.8, 4) is 11.5 Å². The third-order valence-corrected chi connectivity index (χ3v) is 6.52. The number of alkyl halides is 3. The van der Waals surface area contributed by atoms with Crippen LogP contribution in [0, 0.1) is 23.7 Å². The predicted molar refractivity (Wildman–Crippen MR) is 99.9 cm³/mol. The fraction of sp³-hybridized carbons (Fsp3) is 0.682. The lowest BCUT2D eigenvalue weighted by Gasteiger charge is -2.37. The average molecular weight is 398 g/mol. The number of benzene rings is 1. The van der Waals surface area contributed by atoms with E-state index in [2.05, 4.69) is 11.7 Å². The van der Waals surface area contributed by atoms with Crippen LogP contribution in [0.4, 0.5) is 13.2 Å². The molecule has 2 aliphatic carbocycles. The van der Waals surface area contributed by atoms with E-state index >= 15 is 0 Å². The summed E-state index contributed by atoms with van der Waals surface area (Å²) in [5.74, 6) is 1.95. The molecule has 2 saturated carbocycles. The molecule has 0 saturated heterocycles. The maximum atomic E-state index is 12.4. The maximum Gasteiger partial charge on any atom is 0.573 e. The molecule has 2 fully saturated rings. The first kappa shape index (κ1) is 21.0. The Balaban J connectivity index is 1.44. The van der Waals surface area contributed by atoms with E-state index in [0.717, 1.165) is 55.6 Å². The molecule has 6 heteroatoms. The summed E-state index contributed by atoms with van der Waals surface area (Å²) >= 11 is 0. The second kappa shape index (κ2) is 9.19. The fourth-order valence-electron chi connectivity index (χ4n) is 4.80. The normalized spacial score (nSPS) is 28.6. The van der Waals surface area contributed by atoms with Gasteiger partial charge in [-0.05, 0) is 80.5 Å². The highest BCUT2D eigenvalue weighted by Gasteiger charge is 2.34. The largest absolute Gasteiger partial charge is 0.573 e. The second-order valence-corrected chi connectivity index (χ2v) is 8.24. The van der Waals surface area contributed by atoms with Gasteiger partial charge in [0.25, 0.3) is 0 Å². The molecule has 0 aliphatic heterocycles. The Hall–Kier alpha value is -1.72. The molecule has 156 valence electrons. The van der Waals surface area contributed by atoms with Gasteiger partial charge in [-0.3, -0.25) is 4.79 Å². The predicted octanol–water partition coefficient (Wildman–Crippen LogP) is 6.51. The lowest BCUT2D eigenvalue weighted by atomic mass is 9.69. The number of hydrogen-bond donors (Lipinski definition) is 0. The van der Waals surface area contributed by atoms with E-state index in [4.69, 9.17) is 4.74 Å². The number of hydrogen-bond acceptors (Lipinski definition) is 3. The van der Waals surface area contributed by atoms with Gasteiger partial charge in [0.1, 0.15) is 11.5 Å². The van der Waals surface area contributed by atoms with E-state index in [0.29, 0.717) is 0 Å². The van der Waals surface area contributed by atoms with Crippen molar-refractivity contribution >= 4 is 5.97 Å². The molecule has 0 N–H and O–H groups in total. The molecule has 0 aromatic heterocycles. The highest BCUT2D eigenvalue weighted by atomic mass is 19.4. The lowest BCUT2D eigenvalue weighted by Crippen LogP contribution is -2.30. The summed E-state index contributed by atoms with van der Waals surface area (Å²) in [5, 5.41) is 0. The zero-order chi connectivity index (χ0) is 20.1. The number of ether oxygens (including phenoxy) is 2. The lowest BCUT2D eigenvalue weighted by molar-refractivity contribution is -0.274. The second-order valence-electron chi connectivity index (χ2n) is 8.24. The molecule has 0 radical (unpaired) electrons. The number of halogens is 3. The van der Waals surface area contributed by atoms with Crippen molar-refractivity contribution in [1.82, 2.24) is 0 Å². The van der Waals surface area contributed by atoms with E-state index in [1.807, 2.05) is 0 Å². The molecule has 28 heavy (non-hydrogen) atoms. The number of carbonyl (C=O) groups excluding carboxylic acids is 1. The summed E-state index contributed by atoms with van der Waals surface area (Å²) in [6, 6.07) is 4.97. The van der Waals surface area contributed by atoms with Crippen molar-refractivity contribution in [2.75, 3.05) is 0 Å². The van der Waals surface area contributed by atoms with Gasteiger partial charge in [0.2, 0.25) is 0 Å². The molecule has 1 aromatic carbocycles. The van der Waals surface area contributed by atoms with Crippen molar-refractivity contribution in [1.29, 1.82) is 0 Å². The van der Waals surface area contributed by atoms with Crippen LogP contribution >= 0.6 is 0 Å². The Morgan fingerprint density at radius 1 is 0.893 bits per heavy atom. The van der Waals surface area contributed by atoms with Gasteiger partial charge in [-0.15, -0.1) is 13.2 Å². The van der Waals surface area contributed by atoms with Crippen LogP contribution in [0.15, 0.2) is 24.3 Å². The molecule has 3 nitrogen and oxygen atoms in total. The van der Waals surface area contributed by atoms with E-state index < -0.39 is 6.36 Å². The van der Waals surface area contributed by atoms with Crippen LogP contribution in [0.3, 0.4) is 0 Å². The quantitative estimate of drug-likeness (QED) is 0.419. The molecule has 0 spiro atoms. The molecule has 2 aliphatic rings. The zero-order valence-corrected chi connectivity index (χ0v) is 16.3. The van der Waals surface area contributed by atoms with Crippen molar-refractivity contribution in [3.63, 3.8) is 0 Å². The summed E-state index contributed by atoms with van der Waals surface area (Å²) in [5.41, 5.74) is 0. The summed E-state index contributed by atoms with van der Waals surface area (Å²) in [7, 11) is 0. The van der Waals surface area contributed by atoms with Crippen molar-refractivity contribution in [2.24, 2.45) is 23.7 Å². The molecule has 0 atom stereocenters. The Kier molecular flexibility index (Phi) is 6.89. The first-order chi connectivity index (χ1) is 13.3. The fourth-order valence-corrected chi connectivity index (χ4v) is 4.80. The minimum absolute atomic E-state index is 0.116. The summed E-state index contributed by atoms with van der Waals surface area (Å²) < 4.78 is 45.8. The van der Waals surface area contributed by atoms with Crippen molar-refractivity contribution in [2.45, 2.75) is 71.1 Å². The number of carbonyl (C=O) groups is 1. The van der Waals surface area contributed by atoms with Gasteiger partial charge in [-0.25, -0.2) is 0 Å².